The first-order chi connectivity index (χ1) is 29.9. The van der Waals surface area contributed by atoms with E-state index in [9.17, 15) is 0 Å². The van der Waals surface area contributed by atoms with Crippen LogP contribution >= 0.6 is 22.7 Å². The Bertz CT molecular complexity index is 3880. The molecule has 0 atom stereocenters. The highest BCUT2D eigenvalue weighted by Gasteiger charge is 2.29. The van der Waals surface area contributed by atoms with Crippen LogP contribution in [0.3, 0.4) is 0 Å². The summed E-state index contributed by atoms with van der Waals surface area (Å²) in [6, 6.07) is 52.5. The molecule has 3 nitrogen and oxygen atoms in total. The van der Waals surface area contributed by atoms with Crippen LogP contribution in [0.1, 0.15) is 52.7 Å². The van der Waals surface area contributed by atoms with Gasteiger partial charge in [-0.2, -0.15) is 0 Å². The van der Waals surface area contributed by atoms with Crippen LogP contribution in [0.25, 0.3) is 101 Å². The third-order valence-corrected chi connectivity index (χ3v) is 15.6. The van der Waals surface area contributed by atoms with Crippen LogP contribution in [-0.4, -0.2) is 11.8 Å². The van der Waals surface area contributed by atoms with Gasteiger partial charge < -0.3 is 14.3 Å². The number of nitrogens with zero attached hydrogens (tertiary/aromatic N) is 1. The van der Waals surface area contributed by atoms with E-state index in [2.05, 4.69) is 198 Å². The molecule has 62 heavy (non-hydrogen) atoms. The predicted molar refractivity (Wildman–Crippen MR) is 271 cm³/mol. The summed E-state index contributed by atoms with van der Waals surface area (Å²) in [5.74, 6) is 0. The van der Waals surface area contributed by atoms with E-state index in [-0.39, 0.29) is 10.8 Å². The molecule has 1 aliphatic rings. The second-order valence-electron chi connectivity index (χ2n) is 19.3. The molecule has 1 aliphatic heterocycles. The standard InChI is InChI=1S/C56H42BN2OS2/c1-55(2,3)30-15-18-32(19-16-30)58-44-28-48-40(33-20-17-31(56(4,5)6)23-47(33)60-48)24-38(44)36-21-22-37-39-27-51-42(35-12-8-10-14-50(35)61-51)26-45(39)59-46-29-52-41(25-43(46)57-53(36)54(37)59)34-11-7-9-13-49(34)62-52/h7-29,58H,1-6H3. The molecule has 13 rings (SSSR count). The highest BCUT2D eigenvalue weighted by molar-refractivity contribution is 7.26. The quantitative estimate of drug-likeness (QED) is 0.180. The molecular weight excluding hydrogens is 792 g/mol. The van der Waals surface area contributed by atoms with E-state index >= 15 is 0 Å². The largest absolute Gasteiger partial charge is 0.456 e. The van der Waals surface area contributed by atoms with Crippen molar-refractivity contribution in [3.05, 3.63) is 151 Å². The Balaban J connectivity index is 1.11. The van der Waals surface area contributed by atoms with Crippen molar-refractivity contribution in [2.45, 2.75) is 52.4 Å². The average Bonchev–Trinajstić information content (AvgIpc) is 4.00. The minimum atomic E-state index is 0.00994. The van der Waals surface area contributed by atoms with Gasteiger partial charge in [0.2, 0.25) is 0 Å². The van der Waals surface area contributed by atoms with Crippen molar-refractivity contribution in [2.75, 3.05) is 5.32 Å². The molecule has 12 aromatic rings. The van der Waals surface area contributed by atoms with Gasteiger partial charge >= 0.3 is 0 Å². The minimum absolute atomic E-state index is 0.00994. The summed E-state index contributed by atoms with van der Waals surface area (Å²) in [6.07, 6.45) is 0. The summed E-state index contributed by atoms with van der Waals surface area (Å²) in [5, 5.41) is 14.0. The number of rotatable bonds is 3. The van der Waals surface area contributed by atoms with Crippen molar-refractivity contribution in [1.82, 2.24) is 4.57 Å². The van der Waals surface area contributed by atoms with Gasteiger partial charge in [-0.1, -0.05) is 126 Å². The fourth-order valence-corrected chi connectivity index (χ4v) is 12.3. The fourth-order valence-electron chi connectivity index (χ4n) is 10.0. The molecule has 6 heteroatoms. The number of hydrogen-bond acceptors (Lipinski definition) is 4. The Kier molecular flexibility index (Phi) is 7.40. The zero-order chi connectivity index (χ0) is 41.8. The lowest BCUT2D eigenvalue weighted by atomic mass is 9.59. The zero-order valence-corrected chi connectivity index (χ0v) is 37.2. The molecule has 4 aromatic heterocycles. The van der Waals surface area contributed by atoms with Gasteiger partial charge in [0.1, 0.15) is 11.2 Å². The first-order valence-corrected chi connectivity index (χ1v) is 23.2. The first kappa shape index (κ1) is 36.3. The van der Waals surface area contributed by atoms with Crippen LogP contribution < -0.4 is 16.2 Å². The van der Waals surface area contributed by atoms with Gasteiger partial charge in [0.15, 0.2) is 7.28 Å². The molecule has 1 N–H and O–H groups in total. The maximum absolute atomic E-state index is 6.74. The van der Waals surface area contributed by atoms with E-state index in [4.69, 9.17) is 4.42 Å². The summed E-state index contributed by atoms with van der Waals surface area (Å²) in [7, 11) is 2.46. The van der Waals surface area contributed by atoms with Gasteiger partial charge in [-0.15, -0.1) is 22.7 Å². The Morgan fingerprint density at radius 3 is 1.87 bits per heavy atom. The van der Waals surface area contributed by atoms with Crippen molar-refractivity contribution >= 4 is 136 Å². The molecule has 5 heterocycles. The molecule has 0 spiro atoms. The van der Waals surface area contributed by atoms with Crippen LogP contribution in [0.4, 0.5) is 11.4 Å². The molecule has 0 unspecified atom stereocenters. The summed E-state index contributed by atoms with van der Waals surface area (Å²) >= 11 is 3.77. The van der Waals surface area contributed by atoms with Crippen LogP contribution in [0.5, 0.6) is 0 Å². The summed E-state index contributed by atoms with van der Waals surface area (Å²) in [4.78, 5) is 0. The summed E-state index contributed by atoms with van der Waals surface area (Å²) in [5.41, 5.74) is 15.0. The number of benzene rings is 8. The average molecular weight is 834 g/mol. The molecule has 0 fully saturated rings. The van der Waals surface area contributed by atoms with Crippen molar-refractivity contribution in [3.8, 4) is 16.8 Å². The Labute approximate surface area is 368 Å². The Morgan fingerprint density at radius 2 is 1.15 bits per heavy atom. The number of thiophene rings is 2. The monoisotopic (exact) mass is 833 g/mol. The third-order valence-electron chi connectivity index (χ3n) is 13.3. The van der Waals surface area contributed by atoms with Crippen LogP contribution in [0.15, 0.2) is 144 Å². The SMILES string of the molecule is CC(C)(C)c1ccc(Nc2cc3oc4cc(C(C)(C)C)ccc4c3cc2-c2ccc3c4cc5sc6ccccc6c5cc4n4c3c2[B]c2cc3c(cc2-4)sc2ccccc23)cc1. The highest BCUT2D eigenvalue weighted by atomic mass is 32.1. The van der Waals surface area contributed by atoms with Crippen molar-refractivity contribution in [3.63, 3.8) is 0 Å². The maximum Gasteiger partial charge on any atom is 0.197 e. The molecule has 0 bridgehead atoms. The number of anilines is 2. The van der Waals surface area contributed by atoms with Gasteiger partial charge in [0.25, 0.3) is 0 Å². The summed E-state index contributed by atoms with van der Waals surface area (Å²) in [6.45, 7) is 13.6. The lowest BCUT2D eigenvalue weighted by Crippen LogP contribution is -2.37. The van der Waals surface area contributed by atoms with Crippen LogP contribution in [-0.2, 0) is 10.8 Å². The molecule has 1 radical (unpaired) electrons. The van der Waals surface area contributed by atoms with E-state index in [1.807, 2.05) is 22.7 Å². The van der Waals surface area contributed by atoms with Gasteiger partial charge in [-0.25, -0.2) is 0 Å². The van der Waals surface area contributed by atoms with Gasteiger partial charge in [0.05, 0.1) is 11.2 Å². The molecule has 0 saturated heterocycles. The van der Waals surface area contributed by atoms with E-state index in [1.54, 1.807) is 0 Å². The second-order valence-corrected chi connectivity index (χ2v) is 21.4. The van der Waals surface area contributed by atoms with Crippen LogP contribution in [0, 0.1) is 0 Å². The topological polar surface area (TPSA) is 30.1 Å². The summed E-state index contributed by atoms with van der Waals surface area (Å²) < 4.78 is 14.6. The number of aromatic nitrogens is 1. The molecule has 0 amide bonds. The van der Waals surface area contributed by atoms with Crippen LogP contribution in [0.2, 0.25) is 0 Å². The van der Waals surface area contributed by atoms with Gasteiger partial charge in [0, 0.05) is 85.0 Å². The number of furan rings is 1. The number of nitrogens with one attached hydrogen (secondary N) is 1. The normalized spacial score (nSPS) is 13.1. The Morgan fingerprint density at radius 1 is 0.500 bits per heavy atom. The minimum Gasteiger partial charge on any atom is -0.456 e. The Hall–Kier alpha value is -6.34. The van der Waals surface area contributed by atoms with E-state index < -0.39 is 0 Å². The number of fused-ring (bicyclic) bond motifs is 14. The van der Waals surface area contributed by atoms with Gasteiger partial charge in [-0.05, 0) is 93.0 Å². The molecule has 8 aromatic carbocycles. The van der Waals surface area contributed by atoms with Crippen molar-refractivity contribution < 1.29 is 4.42 Å². The molecule has 0 saturated carbocycles. The predicted octanol–water partition coefficient (Wildman–Crippen LogP) is 15.4. The van der Waals surface area contributed by atoms with Gasteiger partial charge in [-0.3, -0.25) is 0 Å². The third kappa shape index (κ3) is 5.29. The molecule has 0 aliphatic carbocycles. The van der Waals surface area contributed by atoms with Crippen molar-refractivity contribution in [1.29, 1.82) is 0 Å². The molecule has 297 valence electrons. The zero-order valence-electron chi connectivity index (χ0n) is 35.5. The van der Waals surface area contributed by atoms with E-state index in [0.717, 1.165) is 38.9 Å². The maximum atomic E-state index is 6.74. The fraction of sp³-hybridized carbons (Fsp3) is 0.143. The number of hydrogen-bond donors (Lipinski definition) is 1. The van der Waals surface area contributed by atoms with Crippen molar-refractivity contribution in [2.24, 2.45) is 0 Å². The highest BCUT2D eigenvalue weighted by Crippen LogP contribution is 2.45. The van der Waals surface area contributed by atoms with E-state index in [0.29, 0.717) is 0 Å². The first-order valence-electron chi connectivity index (χ1n) is 21.6. The smallest absolute Gasteiger partial charge is 0.197 e. The second kappa shape index (κ2) is 12.6. The van der Waals surface area contributed by atoms with E-state index in [1.165, 1.54) is 95.5 Å². The molecular formula is C56H42BN2OS2. The lowest BCUT2D eigenvalue weighted by molar-refractivity contribution is 0.587. The lowest BCUT2D eigenvalue weighted by Gasteiger charge is -2.24.